The lowest BCUT2D eigenvalue weighted by Gasteiger charge is -1.99. The molecule has 4 heteroatoms. The standard InChI is InChI=1S/C8H12BrNO2/c9-8-3-2-7(12-8)6-11-5-1-4-10/h2-3H,1,4-6,10H2. The maximum atomic E-state index is 5.30. The number of hydrogen-bond acceptors (Lipinski definition) is 3. The van der Waals surface area contributed by atoms with Gasteiger partial charge in [-0.2, -0.15) is 0 Å². The lowest BCUT2D eigenvalue weighted by molar-refractivity contribution is 0.105. The van der Waals surface area contributed by atoms with Crippen LogP contribution in [0.2, 0.25) is 0 Å². The van der Waals surface area contributed by atoms with Crippen LogP contribution >= 0.6 is 15.9 Å². The molecule has 1 rings (SSSR count). The van der Waals surface area contributed by atoms with Crippen LogP contribution in [0.25, 0.3) is 0 Å². The Morgan fingerprint density at radius 1 is 1.50 bits per heavy atom. The van der Waals surface area contributed by atoms with E-state index < -0.39 is 0 Å². The van der Waals surface area contributed by atoms with E-state index in [-0.39, 0.29) is 0 Å². The molecule has 0 saturated heterocycles. The van der Waals surface area contributed by atoms with Crippen molar-refractivity contribution in [1.82, 2.24) is 0 Å². The van der Waals surface area contributed by atoms with Crippen molar-refractivity contribution in [3.05, 3.63) is 22.6 Å². The van der Waals surface area contributed by atoms with Crippen molar-refractivity contribution >= 4 is 15.9 Å². The van der Waals surface area contributed by atoms with Crippen molar-refractivity contribution in [2.24, 2.45) is 5.73 Å². The molecule has 0 bridgehead atoms. The maximum Gasteiger partial charge on any atom is 0.169 e. The molecule has 1 heterocycles. The first-order valence-electron chi connectivity index (χ1n) is 3.85. The highest BCUT2D eigenvalue weighted by molar-refractivity contribution is 9.10. The van der Waals surface area contributed by atoms with Crippen LogP contribution in [-0.2, 0) is 11.3 Å². The van der Waals surface area contributed by atoms with Gasteiger partial charge in [-0.3, -0.25) is 0 Å². The summed E-state index contributed by atoms with van der Waals surface area (Å²) < 4.78 is 11.2. The summed E-state index contributed by atoms with van der Waals surface area (Å²) in [6, 6.07) is 3.73. The van der Waals surface area contributed by atoms with E-state index in [4.69, 9.17) is 14.9 Å². The summed E-state index contributed by atoms with van der Waals surface area (Å²) in [4.78, 5) is 0. The molecule has 0 aliphatic rings. The van der Waals surface area contributed by atoms with Gasteiger partial charge in [0, 0.05) is 6.61 Å². The van der Waals surface area contributed by atoms with Crippen LogP contribution in [0.1, 0.15) is 12.2 Å². The topological polar surface area (TPSA) is 48.4 Å². The summed E-state index contributed by atoms with van der Waals surface area (Å²) in [5.41, 5.74) is 5.30. The van der Waals surface area contributed by atoms with Crippen LogP contribution in [0.3, 0.4) is 0 Å². The van der Waals surface area contributed by atoms with Crippen LogP contribution < -0.4 is 5.73 Å². The van der Waals surface area contributed by atoms with Crippen molar-refractivity contribution in [1.29, 1.82) is 0 Å². The highest BCUT2D eigenvalue weighted by atomic mass is 79.9. The first-order valence-corrected chi connectivity index (χ1v) is 4.64. The molecular formula is C8H12BrNO2. The van der Waals surface area contributed by atoms with Crippen LogP contribution in [0.5, 0.6) is 0 Å². The number of ether oxygens (including phenoxy) is 1. The average Bonchev–Trinajstić information content (AvgIpc) is 2.45. The predicted octanol–water partition coefficient (Wildman–Crippen LogP) is 1.91. The van der Waals surface area contributed by atoms with E-state index in [9.17, 15) is 0 Å². The quantitative estimate of drug-likeness (QED) is 0.791. The fourth-order valence-electron chi connectivity index (χ4n) is 0.787. The monoisotopic (exact) mass is 233 g/mol. The third-order valence-electron chi connectivity index (χ3n) is 1.37. The molecule has 0 amide bonds. The predicted molar refractivity (Wildman–Crippen MR) is 49.7 cm³/mol. The molecular weight excluding hydrogens is 222 g/mol. The zero-order valence-electron chi connectivity index (χ0n) is 6.75. The average molecular weight is 234 g/mol. The minimum atomic E-state index is 0.519. The van der Waals surface area contributed by atoms with Crippen molar-refractivity contribution in [2.45, 2.75) is 13.0 Å². The molecule has 12 heavy (non-hydrogen) atoms. The van der Waals surface area contributed by atoms with E-state index in [1.165, 1.54) is 0 Å². The van der Waals surface area contributed by atoms with Gasteiger partial charge >= 0.3 is 0 Å². The van der Waals surface area contributed by atoms with Gasteiger partial charge in [-0.05, 0) is 41.0 Å². The molecule has 0 unspecified atom stereocenters. The van der Waals surface area contributed by atoms with Gasteiger partial charge in [-0.25, -0.2) is 0 Å². The molecule has 0 spiro atoms. The fourth-order valence-corrected chi connectivity index (χ4v) is 1.13. The molecule has 0 saturated carbocycles. The van der Waals surface area contributed by atoms with Gasteiger partial charge in [0.2, 0.25) is 0 Å². The molecule has 1 aromatic rings. The molecule has 1 aromatic heterocycles. The lowest BCUT2D eigenvalue weighted by atomic mass is 10.4. The third kappa shape index (κ3) is 3.38. The minimum Gasteiger partial charge on any atom is -0.452 e. The summed E-state index contributed by atoms with van der Waals surface area (Å²) in [6.45, 7) is 1.88. The normalized spacial score (nSPS) is 10.5. The van der Waals surface area contributed by atoms with Gasteiger partial charge in [-0.1, -0.05) is 0 Å². The van der Waals surface area contributed by atoms with Gasteiger partial charge in [-0.15, -0.1) is 0 Å². The second-order valence-electron chi connectivity index (χ2n) is 2.40. The Bertz CT molecular complexity index is 225. The summed E-state index contributed by atoms with van der Waals surface area (Å²) in [5, 5.41) is 0. The minimum absolute atomic E-state index is 0.519. The Morgan fingerprint density at radius 3 is 2.92 bits per heavy atom. The van der Waals surface area contributed by atoms with E-state index in [0.29, 0.717) is 19.8 Å². The largest absolute Gasteiger partial charge is 0.452 e. The number of nitrogens with two attached hydrogens (primary N) is 1. The summed E-state index contributed by atoms with van der Waals surface area (Å²) in [5.74, 6) is 0.832. The lowest BCUT2D eigenvalue weighted by Crippen LogP contribution is -2.03. The highest BCUT2D eigenvalue weighted by Crippen LogP contribution is 2.14. The Morgan fingerprint density at radius 2 is 2.33 bits per heavy atom. The van der Waals surface area contributed by atoms with Crippen LogP contribution in [-0.4, -0.2) is 13.2 Å². The van der Waals surface area contributed by atoms with E-state index in [2.05, 4.69) is 15.9 Å². The first kappa shape index (κ1) is 9.77. The summed E-state index contributed by atoms with van der Waals surface area (Å²) in [6.07, 6.45) is 0.891. The van der Waals surface area contributed by atoms with Crippen LogP contribution in [0.4, 0.5) is 0 Å². The summed E-state index contributed by atoms with van der Waals surface area (Å²) in [7, 11) is 0. The fraction of sp³-hybridized carbons (Fsp3) is 0.500. The SMILES string of the molecule is NCCCOCc1ccc(Br)o1. The molecule has 0 radical (unpaired) electrons. The van der Waals surface area contributed by atoms with Crippen molar-refractivity contribution in [3.8, 4) is 0 Å². The van der Waals surface area contributed by atoms with Gasteiger partial charge in [0.25, 0.3) is 0 Å². The van der Waals surface area contributed by atoms with Crippen LogP contribution in [0, 0.1) is 0 Å². The van der Waals surface area contributed by atoms with Crippen molar-refractivity contribution in [3.63, 3.8) is 0 Å². The molecule has 2 N–H and O–H groups in total. The Labute approximate surface area is 80.0 Å². The molecule has 0 aromatic carbocycles. The van der Waals surface area contributed by atoms with Gasteiger partial charge in [0.15, 0.2) is 4.67 Å². The van der Waals surface area contributed by atoms with Crippen molar-refractivity contribution in [2.75, 3.05) is 13.2 Å². The molecule has 0 fully saturated rings. The second kappa shape index (κ2) is 5.35. The zero-order chi connectivity index (χ0) is 8.81. The maximum absolute atomic E-state index is 5.30. The van der Waals surface area contributed by atoms with Gasteiger partial charge in [0.1, 0.15) is 12.4 Å². The Kier molecular flexibility index (Phi) is 4.35. The molecule has 0 aliphatic carbocycles. The van der Waals surface area contributed by atoms with E-state index >= 15 is 0 Å². The van der Waals surface area contributed by atoms with Crippen molar-refractivity contribution < 1.29 is 9.15 Å². The number of rotatable bonds is 5. The van der Waals surface area contributed by atoms with E-state index in [0.717, 1.165) is 16.9 Å². The molecule has 0 aliphatic heterocycles. The van der Waals surface area contributed by atoms with Crippen LogP contribution in [0.15, 0.2) is 21.2 Å². The van der Waals surface area contributed by atoms with Gasteiger partial charge in [0.05, 0.1) is 0 Å². The number of halogens is 1. The zero-order valence-corrected chi connectivity index (χ0v) is 8.34. The second-order valence-corrected chi connectivity index (χ2v) is 3.18. The van der Waals surface area contributed by atoms with Gasteiger partial charge < -0.3 is 14.9 Å². The first-order chi connectivity index (χ1) is 5.83. The molecule has 68 valence electrons. The molecule has 0 atom stereocenters. The third-order valence-corrected chi connectivity index (χ3v) is 1.79. The molecule has 3 nitrogen and oxygen atoms in total. The summed E-state index contributed by atoms with van der Waals surface area (Å²) >= 11 is 3.21. The van der Waals surface area contributed by atoms with E-state index in [1.807, 2.05) is 12.1 Å². The van der Waals surface area contributed by atoms with E-state index in [1.54, 1.807) is 0 Å². The smallest absolute Gasteiger partial charge is 0.169 e. The number of furan rings is 1. The highest BCUT2D eigenvalue weighted by Gasteiger charge is 1.98. The number of hydrogen-bond donors (Lipinski definition) is 1. The Hall–Kier alpha value is -0.320. The Balaban J connectivity index is 2.15.